The molecule has 4 heteroatoms. The standard InChI is InChI=1S/C5H10OS2.Co/c1-4(2)3-6-5(7)8;/h4H,3H2,1-2H3,(H,7,8);. The Morgan fingerprint density at radius 3 is 2.22 bits per heavy atom. The molecule has 0 aromatic heterocycles. The van der Waals surface area contributed by atoms with E-state index in [1.807, 2.05) is 0 Å². The van der Waals surface area contributed by atoms with Crippen LogP contribution in [-0.2, 0) is 21.5 Å². The predicted molar refractivity (Wildman–Crippen MR) is 42.4 cm³/mol. The van der Waals surface area contributed by atoms with Crippen LogP contribution in [0.2, 0.25) is 0 Å². The summed E-state index contributed by atoms with van der Waals surface area (Å²) in [7, 11) is 0. The predicted octanol–water partition coefficient (Wildman–Crippen LogP) is 1.87. The molecule has 0 spiro atoms. The Bertz CT molecular complexity index is 85.0. The van der Waals surface area contributed by atoms with Crippen molar-refractivity contribution < 1.29 is 21.5 Å². The Labute approximate surface area is 77.1 Å². The number of hydrogen-bond donors (Lipinski definition) is 1. The van der Waals surface area contributed by atoms with Crippen LogP contribution < -0.4 is 0 Å². The zero-order chi connectivity index (χ0) is 6.57. The van der Waals surface area contributed by atoms with Crippen molar-refractivity contribution in [2.24, 2.45) is 5.92 Å². The van der Waals surface area contributed by atoms with Crippen LogP contribution in [0, 0.1) is 5.92 Å². The van der Waals surface area contributed by atoms with E-state index < -0.39 is 0 Å². The van der Waals surface area contributed by atoms with E-state index in [1.54, 1.807) is 0 Å². The van der Waals surface area contributed by atoms with Gasteiger partial charge in [0.2, 0.25) is 4.38 Å². The van der Waals surface area contributed by atoms with Crippen molar-refractivity contribution in [2.45, 2.75) is 13.8 Å². The van der Waals surface area contributed by atoms with Gasteiger partial charge in [0.15, 0.2) is 0 Å². The molecular weight excluding hydrogens is 199 g/mol. The average Bonchev–Trinajstić information content (AvgIpc) is 1.61. The summed E-state index contributed by atoms with van der Waals surface area (Å²) in [6.45, 7) is 4.79. The molecule has 1 nitrogen and oxygen atoms in total. The minimum Gasteiger partial charge on any atom is -0.478 e. The van der Waals surface area contributed by atoms with Gasteiger partial charge in [-0.2, -0.15) is 0 Å². The molecule has 0 unspecified atom stereocenters. The first-order valence-corrected chi connectivity index (χ1v) is 3.34. The van der Waals surface area contributed by atoms with Gasteiger partial charge in [-0.15, -0.1) is 0 Å². The summed E-state index contributed by atoms with van der Waals surface area (Å²) in [6, 6.07) is 0. The smallest absolute Gasteiger partial charge is 0.216 e. The molecule has 0 rings (SSSR count). The molecule has 0 amide bonds. The summed E-state index contributed by atoms with van der Waals surface area (Å²) in [5.74, 6) is 0.528. The third-order valence-corrected chi connectivity index (χ3v) is 0.787. The van der Waals surface area contributed by atoms with Crippen LogP contribution in [0.1, 0.15) is 13.8 Å². The van der Waals surface area contributed by atoms with Crippen molar-refractivity contribution in [3.05, 3.63) is 0 Å². The number of ether oxygens (including phenoxy) is 1. The molecule has 0 bridgehead atoms. The van der Waals surface area contributed by atoms with Crippen LogP contribution >= 0.6 is 24.8 Å². The van der Waals surface area contributed by atoms with E-state index in [-0.39, 0.29) is 16.8 Å². The van der Waals surface area contributed by atoms with Crippen molar-refractivity contribution in [1.29, 1.82) is 0 Å². The van der Waals surface area contributed by atoms with Gasteiger partial charge < -0.3 is 4.74 Å². The molecule has 0 heterocycles. The fourth-order valence-electron chi connectivity index (χ4n) is 0.238. The van der Waals surface area contributed by atoms with Gasteiger partial charge in [0.1, 0.15) is 0 Å². The Balaban J connectivity index is 0. The van der Waals surface area contributed by atoms with E-state index in [0.29, 0.717) is 16.9 Å². The van der Waals surface area contributed by atoms with Crippen LogP contribution in [0.4, 0.5) is 0 Å². The fraction of sp³-hybridized carbons (Fsp3) is 0.800. The van der Waals surface area contributed by atoms with Gasteiger partial charge in [-0.3, -0.25) is 0 Å². The summed E-state index contributed by atoms with van der Waals surface area (Å²) in [5.41, 5.74) is 0. The molecule has 1 radical (unpaired) electrons. The van der Waals surface area contributed by atoms with Gasteiger partial charge in [-0.25, -0.2) is 0 Å². The van der Waals surface area contributed by atoms with Gasteiger partial charge in [0.25, 0.3) is 0 Å². The van der Waals surface area contributed by atoms with Crippen LogP contribution in [0.3, 0.4) is 0 Å². The Morgan fingerprint density at radius 1 is 1.67 bits per heavy atom. The zero-order valence-corrected chi connectivity index (χ0v) is 8.13. The summed E-state index contributed by atoms with van der Waals surface area (Å²) >= 11 is 8.34. The second-order valence-electron chi connectivity index (χ2n) is 1.97. The first-order chi connectivity index (χ1) is 3.63. The monoisotopic (exact) mass is 209 g/mol. The molecule has 57 valence electrons. The van der Waals surface area contributed by atoms with Gasteiger partial charge in [-0.1, -0.05) is 26.5 Å². The van der Waals surface area contributed by atoms with Gasteiger partial charge in [0, 0.05) is 16.8 Å². The number of rotatable bonds is 2. The normalized spacial score (nSPS) is 8.44. The summed E-state index contributed by atoms with van der Waals surface area (Å²) in [6.07, 6.45) is 0. The maximum atomic E-state index is 4.90. The third-order valence-electron chi connectivity index (χ3n) is 0.540. The van der Waals surface area contributed by atoms with Crippen LogP contribution in [-0.4, -0.2) is 11.0 Å². The van der Waals surface area contributed by atoms with Gasteiger partial charge in [-0.05, 0) is 18.1 Å². The quantitative estimate of drug-likeness (QED) is 0.549. The van der Waals surface area contributed by atoms with E-state index in [1.165, 1.54) is 0 Å². The second kappa shape index (κ2) is 6.86. The molecule has 9 heavy (non-hydrogen) atoms. The Morgan fingerprint density at radius 2 is 2.11 bits per heavy atom. The first-order valence-electron chi connectivity index (χ1n) is 2.48. The minimum absolute atomic E-state index is 0. The zero-order valence-electron chi connectivity index (χ0n) is 5.38. The van der Waals surface area contributed by atoms with Crippen LogP contribution in [0.5, 0.6) is 0 Å². The molecule has 0 aliphatic heterocycles. The molecular formula is C5H10CoOS2. The Hall–Kier alpha value is 0.746. The first kappa shape index (κ1) is 12.4. The maximum Gasteiger partial charge on any atom is 0.216 e. The van der Waals surface area contributed by atoms with E-state index in [9.17, 15) is 0 Å². The van der Waals surface area contributed by atoms with Crippen molar-refractivity contribution in [2.75, 3.05) is 6.61 Å². The second-order valence-corrected chi connectivity index (χ2v) is 3.05. The number of thiocarbonyl (C=S) groups is 1. The molecule has 0 fully saturated rings. The Kier molecular flexibility index (Phi) is 9.47. The summed E-state index contributed by atoms with van der Waals surface area (Å²) in [4.78, 5) is 0. The molecule has 0 aliphatic carbocycles. The SMILES string of the molecule is CC(C)COC(=S)S.[Co]. The number of hydrogen-bond acceptors (Lipinski definition) is 2. The molecule has 0 aliphatic rings. The third kappa shape index (κ3) is 12.1. The van der Waals surface area contributed by atoms with E-state index >= 15 is 0 Å². The van der Waals surface area contributed by atoms with Gasteiger partial charge >= 0.3 is 0 Å². The topological polar surface area (TPSA) is 9.23 Å². The largest absolute Gasteiger partial charge is 0.478 e. The molecule has 0 saturated carbocycles. The van der Waals surface area contributed by atoms with Crippen molar-refractivity contribution in [1.82, 2.24) is 0 Å². The fourth-order valence-corrected chi connectivity index (χ4v) is 0.381. The number of thiol groups is 1. The van der Waals surface area contributed by atoms with E-state index in [2.05, 4.69) is 38.7 Å². The van der Waals surface area contributed by atoms with Crippen molar-refractivity contribution in [3.8, 4) is 0 Å². The van der Waals surface area contributed by atoms with Crippen LogP contribution in [0.25, 0.3) is 0 Å². The molecule has 0 atom stereocenters. The van der Waals surface area contributed by atoms with E-state index in [0.717, 1.165) is 0 Å². The van der Waals surface area contributed by atoms with Crippen molar-refractivity contribution in [3.63, 3.8) is 0 Å². The summed E-state index contributed by atoms with van der Waals surface area (Å²) in [5, 5.41) is 0. The maximum absolute atomic E-state index is 4.90. The summed E-state index contributed by atoms with van der Waals surface area (Å²) < 4.78 is 5.23. The van der Waals surface area contributed by atoms with Gasteiger partial charge in [0.05, 0.1) is 6.61 Å². The van der Waals surface area contributed by atoms with E-state index in [4.69, 9.17) is 4.74 Å². The molecule has 0 saturated heterocycles. The van der Waals surface area contributed by atoms with Crippen LogP contribution in [0.15, 0.2) is 0 Å². The molecule has 0 aromatic rings. The minimum atomic E-state index is 0. The molecule has 0 N–H and O–H groups in total. The average molecular weight is 209 g/mol. The molecule has 0 aromatic carbocycles. The van der Waals surface area contributed by atoms with Crippen molar-refractivity contribution >= 4 is 29.2 Å².